The zero-order valence-electron chi connectivity index (χ0n) is 13.7. The first-order valence-corrected chi connectivity index (χ1v) is 8.25. The molecule has 0 aliphatic carbocycles. The highest BCUT2D eigenvalue weighted by atomic mass is 32.1. The van der Waals surface area contributed by atoms with Crippen molar-refractivity contribution < 1.29 is 14.7 Å². The number of rotatable bonds is 6. The molecule has 0 spiro atoms. The summed E-state index contributed by atoms with van der Waals surface area (Å²) in [5.41, 5.74) is 4.28. The predicted octanol–water partition coefficient (Wildman–Crippen LogP) is 2.09. The van der Waals surface area contributed by atoms with Crippen molar-refractivity contribution in [1.29, 1.82) is 0 Å². The van der Waals surface area contributed by atoms with Crippen molar-refractivity contribution in [2.75, 3.05) is 13.2 Å². The second-order valence-electron chi connectivity index (χ2n) is 5.31. The zero-order valence-corrected chi connectivity index (χ0v) is 14.5. The van der Waals surface area contributed by atoms with Crippen LogP contribution in [0.5, 0.6) is 5.75 Å². The molecule has 8 heteroatoms. The van der Waals surface area contributed by atoms with Crippen molar-refractivity contribution in [3.8, 4) is 5.75 Å². The third-order valence-electron chi connectivity index (χ3n) is 3.56. The monoisotopic (exact) mass is 368 g/mol. The van der Waals surface area contributed by atoms with Crippen LogP contribution in [0.4, 0.5) is 0 Å². The van der Waals surface area contributed by atoms with Crippen LogP contribution >= 0.6 is 12.2 Å². The van der Waals surface area contributed by atoms with Crippen LogP contribution in [0.1, 0.15) is 16.1 Å². The Morgan fingerprint density at radius 1 is 1.12 bits per heavy atom. The number of carbonyl (C=O) groups excluding carboxylic acids is 1. The minimum absolute atomic E-state index is 0.236. The fourth-order valence-electron chi connectivity index (χ4n) is 2.26. The number of carbonyl (C=O) groups is 1. The number of nitrogens with one attached hydrogen (secondary N) is 2. The molecule has 0 bridgehead atoms. The molecule has 0 saturated carbocycles. The number of fused-ring (bicyclic) bond motifs is 1. The van der Waals surface area contributed by atoms with Crippen LogP contribution in [0.15, 0.2) is 54.7 Å². The van der Waals surface area contributed by atoms with Gasteiger partial charge in [0.25, 0.3) is 5.91 Å². The van der Waals surface area contributed by atoms with Crippen LogP contribution < -0.4 is 15.5 Å². The summed E-state index contributed by atoms with van der Waals surface area (Å²) in [6, 6.07) is 14.3. The molecule has 0 aliphatic rings. The standard InChI is InChI=1S/C18H16N4O3S/c23-17(16-11-20-14-3-1-2-4-15(14)21-16)19-9-10-25-13-7-5-12(6-8-13)18(26)22-24/h1-8,11,24H,9-10H2,(H,19,23)(H,22,26). The zero-order chi connectivity index (χ0) is 18.4. The normalized spacial score (nSPS) is 10.3. The molecule has 3 aromatic rings. The Morgan fingerprint density at radius 2 is 1.85 bits per heavy atom. The molecule has 3 rings (SSSR count). The first-order valence-electron chi connectivity index (χ1n) is 7.84. The van der Waals surface area contributed by atoms with Crippen LogP contribution in [0.3, 0.4) is 0 Å². The first-order chi connectivity index (χ1) is 12.7. The molecule has 1 aromatic heterocycles. The first kappa shape index (κ1) is 17.7. The molecule has 7 nitrogen and oxygen atoms in total. The van der Waals surface area contributed by atoms with E-state index in [4.69, 9.17) is 22.2 Å². The van der Waals surface area contributed by atoms with Gasteiger partial charge in [-0.25, -0.2) is 4.98 Å². The maximum absolute atomic E-state index is 12.1. The highest BCUT2D eigenvalue weighted by molar-refractivity contribution is 7.80. The Hall–Kier alpha value is -3.10. The quantitative estimate of drug-likeness (QED) is 0.348. The summed E-state index contributed by atoms with van der Waals surface area (Å²) in [7, 11) is 0. The van der Waals surface area contributed by atoms with Crippen molar-refractivity contribution in [1.82, 2.24) is 20.8 Å². The lowest BCUT2D eigenvalue weighted by molar-refractivity contribution is 0.0942. The maximum Gasteiger partial charge on any atom is 0.271 e. The van der Waals surface area contributed by atoms with Crippen molar-refractivity contribution in [3.05, 3.63) is 66.0 Å². The van der Waals surface area contributed by atoms with E-state index in [1.165, 1.54) is 6.20 Å². The van der Waals surface area contributed by atoms with Crippen molar-refractivity contribution in [2.45, 2.75) is 0 Å². The number of hydrogen-bond acceptors (Lipinski definition) is 6. The number of hydrogen-bond donors (Lipinski definition) is 3. The Bertz CT molecular complexity index is 931. The molecule has 0 unspecified atom stereocenters. The number of nitrogens with zero attached hydrogens (tertiary/aromatic N) is 2. The molecule has 1 amide bonds. The van der Waals surface area contributed by atoms with E-state index in [9.17, 15) is 4.79 Å². The van der Waals surface area contributed by atoms with Gasteiger partial charge in [-0.05, 0) is 36.4 Å². The molecule has 2 aromatic carbocycles. The smallest absolute Gasteiger partial charge is 0.271 e. The molecule has 0 aliphatic heterocycles. The van der Waals surface area contributed by atoms with Gasteiger partial charge in [0.1, 0.15) is 23.0 Å². The second-order valence-corrected chi connectivity index (χ2v) is 5.72. The molecule has 1 heterocycles. The molecular formula is C18H16N4O3S. The number of aromatic nitrogens is 2. The summed E-state index contributed by atoms with van der Waals surface area (Å²) in [5.74, 6) is 0.329. The van der Waals surface area contributed by atoms with E-state index < -0.39 is 0 Å². The summed E-state index contributed by atoms with van der Waals surface area (Å²) in [5, 5.41) is 11.5. The van der Waals surface area contributed by atoms with Gasteiger partial charge in [0.2, 0.25) is 0 Å². The van der Waals surface area contributed by atoms with Crippen LogP contribution in [0.2, 0.25) is 0 Å². The average Bonchev–Trinajstić information content (AvgIpc) is 2.70. The molecule has 0 atom stereocenters. The Labute approximate surface area is 155 Å². The highest BCUT2D eigenvalue weighted by Crippen LogP contribution is 2.12. The van der Waals surface area contributed by atoms with Crippen molar-refractivity contribution in [3.63, 3.8) is 0 Å². The van der Waals surface area contributed by atoms with E-state index in [0.717, 1.165) is 5.52 Å². The topological polar surface area (TPSA) is 96.4 Å². The predicted molar refractivity (Wildman–Crippen MR) is 100 cm³/mol. The molecule has 26 heavy (non-hydrogen) atoms. The Kier molecular flexibility index (Phi) is 5.67. The van der Waals surface area contributed by atoms with Gasteiger partial charge < -0.3 is 10.1 Å². The lowest BCUT2D eigenvalue weighted by atomic mass is 10.2. The number of amides is 1. The SMILES string of the molecule is O=C(NCCOc1ccc(C(=S)NO)cc1)c1cnc2ccccc2n1. The van der Waals surface area contributed by atoms with Gasteiger partial charge in [-0.2, -0.15) is 0 Å². The average molecular weight is 368 g/mol. The number of ether oxygens (including phenoxy) is 1. The number of para-hydroxylation sites is 2. The highest BCUT2D eigenvalue weighted by Gasteiger charge is 2.08. The number of hydroxylamine groups is 1. The van der Waals surface area contributed by atoms with Crippen LogP contribution in [-0.2, 0) is 0 Å². The fourth-order valence-corrected chi connectivity index (χ4v) is 2.39. The lowest BCUT2D eigenvalue weighted by Crippen LogP contribution is -2.28. The van der Waals surface area contributed by atoms with Crippen molar-refractivity contribution in [2.24, 2.45) is 0 Å². The lowest BCUT2D eigenvalue weighted by Gasteiger charge is -2.09. The van der Waals surface area contributed by atoms with Gasteiger partial charge in [-0.1, -0.05) is 24.4 Å². The molecule has 0 saturated heterocycles. The minimum atomic E-state index is -0.304. The van der Waals surface area contributed by atoms with E-state index in [0.29, 0.717) is 30.0 Å². The van der Waals surface area contributed by atoms with E-state index in [1.807, 2.05) is 29.7 Å². The van der Waals surface area contributed by atoms with Crippen LogP contribution in [0.25, 0.3) is 11.0 Å². The largest absolute Gasteiger partial charge is 0.492 e. The van der Waals surface area contributed by atoms with Crippen LogP contribution in [0, 0.1) is 0 Å². The fraction of sp³-hybridized carbons (Fsp3) is 0.111. The number of thiocarbonyl (C=S) groups is 1. The molecule has 0 radical (unpaired) electrons. The molecule has 3 N–H and O–H groups in total. The number of benzene rings is 2. The summed E-state index contributed by atoms with van der Waals surface area (Å²) < 4.78 is 5.55. The minimum Gasteiger partial charge on any atom is -0.492 e. The molecule has 0 fully saturated rings. The summed E-state index contributed by atoms with van der Waals surface area (Å²) in [4.78, 5) is 20.9. The Morgan fingerprint density at radius 3 is 2.58 bits per heavy atom. The van der Waals surface area contributed by atoms with E-state index in [-0.39, 0.29) is 16.6 Å². The van der Waals surface area contributed by atoms with Gasteiger partial charge in [0.15, 0.2) is 0 Å². The maximum atomic E-state index is 12.1. The van der Waals surface area contributed by atoms with E-state index in [1.54, 1.807) is 24.3 Å². The molecular weight excluding hydrogens is 352 g/mol. The third-order valence-corrected chi connectivity index (χ3v) is 3.88. The molecule has 132 valence electrons. The third kappa shape index (κ3) is 4.29. The van der Waals surface area contributed by atoms with Gasteiger partial charge in [-0.15, -0.1) is 0 Å². The summed E-state index contributed by atoms with van der Waals surface area (Å²) >= 11 is 4.92. The second kappa shape index (κ2) is 8.32. The van der Waals surface area contributed by atoms with Gasteiger partial charge in [0, 0.05) is 5.56 Å². The summed E-state index contributed by atoms with van der Waals surface area (Å²) in [6.07, 6.45) is 1.45. The van der Waals surface area contributed by atoms with Gasteiger partial charge in [-0.3, -0.25) is 20.5 Å². The van der Waals surface area contributed by atoms with E-state index >= 15 is 0 Å². The van der Waals surface area contributed by atoms with Gasteiger partial charge in [0.05, 0.1) is 23.8 Å². The van der Waals surface area contributed by atoms with Crippen LogP contribution in [-0.4, -0.2) is 39.2 Å². The Balaban J connectivity index is 1.49. The van der Waals surface area contributed by atoms with E-state index in [2.05, 4.69) is 15.3 Å². The summed E-state index contributed by atoms with van der Waals surface area (Å²) in [6.45, 7) is 0.625. The van der Waals surface area contributed by atoms with Crippen molar-refractivity contribution >= 4 is 34.1 Å². The van der Waals surface area contributed by atoms with Gasteiger partial charge >= 0.3 is 0 Å².